The normalized spacial score (nSPS) is 10.9. The van der Waals surface area contributed by atoms with Crippen LogP contribution in [0.15, 0.2) is 97.1 Å². The van der Waals surface area contributed by atoms with Crippen LogP contribution in [0.2, 0.25) is 5.28 Å². The second kappa shape index (κ2) is 7.46. The average Bonchev–Trinajstić information content (AvgIpc) is 2.79. The minimum atomic E-state index is 0.185. The number of hydrogen-bond acceptors (Lipinski definition) is 3. The highest BCUT2D eigenvalue weighted by molar-refractivity contribution is 6.28. The minimum Gasteiger partial charge on any atom is -0.208 e. The van der Waals surface area contributed by atoms with Gasteiger partial charge in [-0.3, -0.25) is 0 Å². The Morgan fingerprint density at radius 2 is 0.966 bits per heavy atom. The van der Waals surface area contributed by atoms with Crippen LogP contribution in [-0.4, -0.2) is 15.0 Å². The summed E-state index contributed by atoms with van der Waals surface area (Å²) in [6, 6.07) is 32.6. The molecule has 138 valence electrons. The molecule has 4 aromatic carbocycles. The molecule has 1 aromatic heterocycles. The van der Waals surface area contributed by atoms with Crippen molar-refractivity contribution >= 4 is 22.4 Å². The van der Waals surface area contributed by atoms with E-state index < -0.39 is 0 Å². The summed E-state index contributed by atoms with van der Waals surface area (Å²) in [4.78, 5) is 13.5. The SMILES string of the molecule is Clc1nc(-c2ccccc2)nc(-c2ccc(-c3ccccc3)c3ccccc23)n1. The molecule has 0 fully saturated rings. The highest BCUT2D eigenvalue weighted by Gasteiger charge is 2.14. The van der Waals surface area contributed by atoms with E-state index in [1.165, 1.54) is 11.1 Å². The molecule has 1 heterocycles. The van der Waals surface area contributed by atoms with E-state index in [2.05, 4.69) is 58.5 Å². The van der Waals surface area contributed by atoms with Crippen molar-refractivity contribution in [1.29, 1.82) is 0 Å². The van der Waals surface area contributed by atoms with Crippen molar-refractivity contribution in [2.45, 2.75) is 0 Å². The largest absolute Gasteiger partial charge is 0.226 e. The molecule has 0 N–H and O–H groups in total. The first-order valence-corrected chi connectivity index (χ1v) is 9.72. The van der Waals surface area contributed by atoms with Crippen molar-refractivity contribution in [1.82, 2.24) is 15.0 Å². The Bertz CT molecular complexity index is 1300. The van der Waals surface area contributed by atoms with Gasteiger partial charge < -0.3 is 0 Å². The summed E-state index contributed by atoms with van der Waals surface area (Å²) in [6.07, 6.45) is 0. The molecule has 0 spiro atoms. The number of aromatic nitrogens is 3. The molecule has 0 unspecified atom stereocenters. The van der Waals surface area contributed by atoms with Gasteiger partial charge in [-0.1, -0.05) is 91.0 Å². The number of benzene rings is 4. The Hall–Kier alpha value is -3.56. The van der Waals surface area contributed by atoms with E-state index in [4.69, 9.17) is 16.6 Å². The van der Waals surface area contributed by atoms with Gasteiger partial charge in [0.25, 0.3) is 0 Å². The van der Waals surface area contributed by atoms with E-state index >= 15 is 0 Å². The van der Waals surface area contributed by atoms with Gasteiger partial charge in [-0.2, -0.15) is 9.97 Å². The van der Waals surface area contributed by atoms with Crippen LogP contribution in [0.5, 0.6) is 0 Å². The third kappa shape index (κ3) is 3.37. The summed E-state index contributed by atoms with van der Waals surface area (Å²) in [5.74, 6) is 1.14. The van der Waals surface area contributed by atoms with Crippen molar-refractivity contribution < 1.29 is 0 Å². The van der Waals surface area contributed by atoms with Crippen molar-refractivity contribution in [2.75, 3.05) is 0 Å². The molecule has 5 aromatic rings. The first-order valence-electron chi connectivity index (χ1n) is 9.34. The van der Waals surface area contributed by atoms with Crippen LogP contribution >= 0.6 is 11.6 Å². The number of halogens is 1. The second-order valence-corrected chi connectivity index (χ2v) is 7.03. The van der Waals surface area contributed by atoms with Crippen molar-refractivity contribution in [2.24, 2.45) is 0 Å². The molecule has 0 aliphatic carbocycles. The molecule has 0 bridgehead atoms. The highest BCUT2D eigenvalue weighted by atomic mass is 35.5. The smallest absolute Gasteiger partial charge is 0.208 e. The van der Waals surface area contributed by atoms with Crippen molar-refractivity contribution in [3.63, 3.8) is 0 Å². The average molecular weight is 394 g/mol. The number of nitrogens with zero attached hydrogens (tertiary/aromatic N) is 3. The van der Waals surface area contributed by atoms with Crippen molar-refractivity contribution in [3.8, 4) is 33.9 Å². The lowest BCUT2D eigenvalue weighted by molar-refractivity contribution is 1.07. The summed E-state index contributed by atoms with van der Waals surface area (Å²) in [7, 11) is 0. The van der Waals surface area contributed by atoms with Crippen LogP contribution in [0.4, 0.5) is 0 Å². The fourth-order valence-electron chi connectivity index (χ4n) is 3.55. The molecule has 4 heteroatoms. The lowest BCUT2D eigenvalue weighted by atomic mass is 9.95. The fraction of sp³-hybridized carbons (Fsp3) is 0. The van der Waals surface area contributed by atoms with E-state index in [1.807, 2.05) is 48.5 Å². The lowest BCUT2D eigenvalue weighted by Crippen LogP contribution is -1.98. The molecule has 0 saturated carbocycles. The topological polar surface area (TPSA) is 38.7 Å². The Morgan fingerprint density at radius 1 is 0.448 bits per heavy atom. The maximum atomic E-state index is 6.27. The second-order valence-electron chi connectivity index (χ2n) is 6.69. The Balaban J connectivity index is 1.72. The van der Waals surface area contributed by atoms with Gasteiger partial charge in [-0.05, 0) is 39.6 Å². The van der Waals surface area contributed by atoms with Gasteiger partial charge in [-0.25, -0.2) is 4.98 Å². The molecule has 0 aliphatic rings. The van der Waals surface area contributed by atoms with Gasteiger partial charge >= 0.3 is 0 Å². The third-order valence-corrected chi connectivity index (χ3v) is 5.06. The zero-order chi connectivity index (χ0) is 19.6. The zero-order valence-corrected chi connectivity index (χ0v) is 16.2. The van der Waals surface area contributed by atoms with Gasteiger partial charge in [0.05, 0.1) is 0 Å². The number of fused-ring (bicyclic) bond motifs is 1. The summed E-state index contributed by atoms with van der Waals surface area (Å²) in [5.41, 5.74) is 4.19. The molecular formula is C25H16ClN3. The molecule has 0 amide bonds. The van der Waals surface area contributed by atoms with Gasteiger partial charge in [0, 0.05) is 11.1 Å². The molecular weight excluding hydrogens is 378 g/mol. The maximum absolute atomic E-state index is 6.27. The first kappa shape index (κ1) is 17.5. The monoisotopic (exact) mass is 393 g/mol. The Kier molecular flexibility index (Phi) is 4.51. The summed E-state index contributed by atoms with van der Waals surface area (Å²) in [5, 5.41) is 2.41. The van der Waals surface area contributed by atoms with Gasteiger partial charge in [0.1, 0.15) is 0 Å². The van der Waals surface area contributed by atoms with Crippen LogP contribution in [0.1, 0.15) is 0 Å². The molecule has 0 aliphatic heterocycles. The zero-order valence-electron chi connectivity index (χ0n) is 15.5. The molecule has 5 rings (SSSR count). The fourth-order valence-corrected chi connectivity index (χ4v) is 3.71. The van der Waals surface area contributed by atoms with Gasteiger partial charge in [0.2, 0.25) is 5.28 Å². The maximum Gasteiger partial charge on any atom is 0.226 e. The van der Waals surface area contributed by atoms with E-state index in [0.29, 0.717) is 11.6 Å². The summed E-state index contributed by atoms with van der Waals surface area (Å²) < 4.78 is 0. The molecule has 3 nitrogen and oxygen atoms in total. The lowest BCUT2D eigenvalue weighted by Gasteiger charge is -2.12. The third-order valence-electron chi connectivity index (χ3n) is 4.89. The van der Waals surface area contributed by atoms with Crippen LogP contribution in [0.25, 0.3) is 44.7 Å². The molecule has 0 saturated heterocycles. The standard InChI is InChI=1S/C25H16ClN3/c26-25-28-23(18-11-5-2-6-12-18)27-24(29-25)22-16-15-19(17-9-3-1-4-10-17)20-13-7-8-14-21(20)22/h1-16H. The Morgan fingerprint density at radius 3 is 1.66 bits per heavy atom. The quantitative estimate of drug-likeness (QED) is 0.343. The van der Waals surface area contributed by atoms with E-state index in [9.17, 15) is 0 Å². The molecule has 0 radical (unpaired) electrons. The van der Waals surface area contributed by atoms with Crippen LogP contribution in [0, 0.1) is 0 Å². The van der Waals surface area contributed by atoms with Crippen molar-refractivity contribution in [3.05, 3.63) is 102 Å². The molecule has 0 atom stereocenters. The summed E-state index contributed by atoms with van der Waals surface area (Å²) >= 11 is 6.27. The predicted octanol–water partition coefficient (Wildman–Crippen LogP) is 6.68. The van der Waals surface area contributed by atoms with Crippen LogP contribution in [-0.2, 0) is 0 Å². The molecule has 29 heavy (non-hydrogen) atoms. The first-order chi connectivity index (χ1) is 14.3. The van der Waals surface area contributed by atoms with E-state index in [0.717, 1.165) is 21.9 Å². The highest BCUT2D eigenvalue weighted by Crippen LogP contribution is 2.35. The van der Waals surface area contributed by atoms with Gasteiger partial charge in [-0.15, -0.1) is 0 Å². The minimum absolute atomic E-state index is 0.185. The van der Waals surface area contributed by atoms with Gasteiger partial charge in [0.15, 0.2) is 11.6 Å². The van der Waals surface area contributed by atoms with Crippen LogP contribution in [0.3, 0.4) is 0 Å². The number of rotatable bonds is 3. The van der Waals surface area contributed by atoms with E-state index in [1.54, 1.807) is 0 Å². The van der Waals surface area contributed by atoms with E-state index in [-0.39, 0.29) is 5.28 Å². The Labute approximate surface area is 173 Å². The van der Waals surface area contributed by atoms with Crippen LogP contribution < -0.4 is 0 Å². The summed E-state index contributed by atoms with van der Waals surface area (Å²) in [6.45, 7) is 0. The number of hydrogen-bond donors (Lipinski definition) is 0. The predicted molar refractivity (Wildman–Crippen MR) is 119 cm³/mol.